The van der Waals surface area contributed by atoms with E-state index in [-0.39, 0.29) is 6.04 Å². The summed E-state index contributed by atoms with van der Waals surface area (Å²) >= 11 is 0. The van der Waals surface area contributed by atoms with E-state index in [1.54, 1.807) is 0 Å². The number of hydrogen-bond donors (Lipinski definition) is 1. The number of nitrogens with one attached hydrogen (secondary N) is 1. The Morgan fingerprint density at radius 1 is 1.30 bits per heavy atom. The second-order valence-electron chi connectivity index (χ2n) is 5.31. The summed E-state index contributed by atoms with van der Waals surface area (Å²) in [6.45, 7) is 12.4. The molecule has 2 heterocycles. The van der Waals surface area contributed by atoms with Crippen molar-refractivity contribution in [1.29, 1.82) is 0 Å². The molecule has 0 aliphatic rings. The SMILES string of the molecule is CCn1nc(C)c(C(C)NCc2cnccc2C)c1C. The molecule has 0 aliphatic carbocycles. The molecule has 4 heteroatoms. The van der Waals surface area contributed by atoms with Gasteiger partial charge in [-0.2, -0.15) is 5.10 Å². The van der Waals surface area contributed by atoms with E-state index in [2.05, 4.69) is 54.7 Å². The molecule has 2 rings (SSSR count). The number of aromatic nitrogens is 3. The molecule has 0 radical (unpaired) electrons. The summed E-state index contributed by atoms with van der Waals surface area (Å²) in [6, 6.07) is 2.34. The summed E-state index contributed by atoms with van der Waals surface area (Å²) in [5, 5.41) is 8.17. The van der Waals surface area contributed by atoms with E-state index in [0.717, 1.165) is 18.8 Å². The number of aryl methyl sites for hydroxylation is 3. The van der Waals surface area contributed by atoms with Gasteiger partial charge >= 0.3 is 0 Å². The predicted octanol–water partition coefficient (Wildman–Crippen LogP) is 3.07. The fourth-order valence-corrected chi connectivity index (χ4v) is 2.69. The molecular weight excluding hydrogens is 248 g/mol. The first-order valence-electron chi connectivity index (χ1n) is 7.21. The summed E-state index contributed by atoms with van der Waals surface area (Å²) in [6.07, 6.45) is 3.77. The maximum atomic E-state index is 4.59. The third-order valence-corrected chi connectivity index (χ3v) is 3.92. The van der Waals surface area contributed by atoms with Crippen LogP contribution in [0.5, 0.6) is 0 Å². The summed E-state index contributed by atoms with van der Waals surface area (Å²) in [7, 11) is 0. The molecular formula is C16H24N4. The van der Waals surface area contributed by atoms with Crippen molar-refractivity contribution in [1.82, 2.24) is 20.1 Å². The van der Waals surface area contributed by atoms with Crippen LogP contribution in [-0.2, 0) is 13.1 Å². The first-order valence-corrected chi connectivity index (χ1v) is 7.21. The monoisotopic (exact) mass is 272 g/mol. The molecule has 108 valence electrons. The molecule has 0 amide bonds. The Kier molecular flexibility index (Phi) is 4.55. The Morgan fingerprint density at radius 3 is 2.65 bits per heavy atom. The van der Waals surface area contributed by atoms with E-state index >= 15 is 0 Å². The highest BCUT2D eigenvalue weighted by molar-refractivity contribution is 5.28. The topological polar surface area (TPSA) is 42.7 Å². The highest BCUT2D eigenvalue weighted by Gasteiger charge is 2.16. The number of rotatable bonds is 5. The normalized spacial score (nSPS) is 12.7. The molecule has 4 nitrogen and oxygen atoms in total. The van der Waals surface area contributed by atoms with Crippen LogP contribution < -0.4 is 5.32 Å². The van der Waals surface area contributed by atoms with Gasteiger partial charge in [0.1, 0.15) is 0 Å². The van der Waals surface area contributed by atoms with Crippen molar-refractivity contribution >= 4 is 0 Å². The van der Waals surface area contributed by atoms with E-state index in [1.165, 1.54) is 22.4 Å². The molecule has 2 aromatic heterocycles. The molecule has 1 atom stereocenters. The second kappa shape index (κ2) is 6.18. The van der Waals surface area contributed by atoms with E-state index in [9.17, 15) is 0 Å². The Morgan fingerprint density at radius 2 is 2.05 bits per heavy atom. The quantitative estimate of drug-likeness (QED) is 0.909. The minimum Gasteiger partial charge on any atom is -0.306 e. The second-order valence-corrected chi connectivity index (χ2v) is 5.31. The molecule has 0 aromatic carbocycles. The van der Waals surface area contributed by atoms with Gasteiger partial charge in [-0.3, -0.25) is 9.67 Å². The van der Waals surface area contributed by atoms with Gasteiger partial charge in [-0.1, -0.05) is 0 Å². The summed E-state index contributed by atoms with van der Waals surface area (Å²) in [5.41, 5.74) is 6.21. The van der Waals surface area contributed by atoms with Crippen molar-refractivity contribution in [2.75, 3.05) is 0 Å². The standard InChI is InChI=1S/C16H24N4/c1-6-20-14(5)16(13(4)19-20)12(3)18-10-15-9-17-8-7-11(15)2/h7-9,12,18H,6,10H2,1-5H3. The Labute approximate surface area is 121 Å². The third kappa shape index (κ3) is 2.90. The Bertz CT molecular complexity index is 586. The van der Waals surface area contributed by atoms with Gasteiger partial charge < -0.3 is 5.32 Å². The molecule has 1 N–H and O–H groups in total. The first kappa shape index (κ1) is 14.7. The van der Waals surface area contributed by atoms with Crippen LogP contribution in [-0.4, -0.2) is 14.8 Å². The largest absolute Gasteiger partial charge is 0.306 e. The summed E-state index contributed by atoms with van der Waals surface area (Å²) in [5.74, 6) is 0. The van der Waals surface area contributed by atoms with Crippen molar-refractivity contribution in [3.63, 3.8) is 0 Å². The first-order chi connectivity index (χ1) is 9.54. The summed E-state index contributed by atoms with van der Waals surface area (Å²) in [4.78, 5) is 4.19. The number of pyridine rings is 1. The molecule has 0 bridgehead atoms. The molecule has 0 aliphatic heterocycles. The fraction of sp³-hybridized carbons (Fsp3) is 0.500. The average Bonchev–Trinajstić information content (AvgIpc) is 2.72. The van der Waals surface area contributed by atoms with E-state index in [4.69, 9.17) is 0 Å². The zero-order valence-electron chi connectivity index (χ0n) is 13.1. The molecule has 2 aromatic rings. The molecule has 1 unspecified atom stereocenters. The lowest BCUT2D eigenvalue weighted by Gasteiger charge is -2.15. The molecule has 0 fully saturated rings. The minimum atomic E-state index is 0.287. The van der Waals surface area contributed by atoms with Crippen LogP contribution in [0.2, 0.25) is 0 Å². The highest BCUT2D eigenvalue weighted by Crippen LogP contribution is 2.21. The van der Waals surface area contributed by atoms with Crippen LogP contribution >= 0.6 is 0 Å². The average molecular weight is 272 g/mol. The van der Waals surface area contributed by atoms with E-state index in [1.807, 2.05) is 18.5 Å². The van der Waals surface area contributed by atoms with Gasteiger partial charge in [-0.15, -0.1) is 0 Å². The van der Waals surface area contributed by atoms with Gasteiger partial charge in [0.2, 0.25) is 0 Å². The van der Waals surface area contributed by atoms with Gasteiger partial charge in [0.15, 0.2) is 0 Å². The molecule has 0 saturated heterocycles. The molecule has 20 heavy (non-hydrogen) atoms. The van der Waals surface area contributed by atoms with Gasteiger partial charge in [-0.25, -0.2) is 0 Å². The van der Waals surface area contributed by atoms with Crippen molar-refractivity contribution in [2.45, 2.75) is 53.8 Å². The lowest BCUT2D eigenvalue weighted by Crippen LogP contribution is -2.20. The maximum Gasteiger partial charge on any atom is 0.0644 e. The van der Waals surface area contributed by atoms with Gasteiger partial charge in [0.25, 0.3) is 0 Å². The van der Waals surface area contributed by atoms with Gasteiger partial charge in [0, 0.05) is 42.8 Å². The van der Waals surface area contributed by atoms with Crippen LogP contribution in [0.15, 0.2) is 18.5 Å². The maximum absolute atomic E-state index is 4.59. The van der Waals surface area contributed by atoms with Crippen molar-refractivity contribution in [2.24, 2.45) is 0 Å². The van der Waals surface area contributed by atoms with Crippen molar-refractivity contribution < 1.29 is 0 Å². The molecule has 0 saturated carbocycles. The van der Waals surface area contributed by atoms with E-state index in [0.29, 0.717) is 0 Å². The lowest BCUT2D eigenvalue weighted by atomic mass is 10.1. The van der Waals surface area contributed by atoms with Crippen LogP contribution in [0.25, 0.3) is 0 Å². The minimum absolute atomic E-state index is 0.287. The smallest absolute Gasteiger partial charge is 0.0644 e. The van der Waals surface area contributed by atoms with Crippen molar-refractivity contribution in [3.8, 4) is 0 Å². The van der Waals surface area contributed by atoms with Gasteiger partial charge in [0.05, 0.1) is 5.69 Å². The zero-order chi connectivity index (χ0) is 14.7. The predicted molar refractivity (Wildman–Crippen MR) is 81.6 cm³/mol. The van der Waals surface area contributed by atoms with Crippen molar-refractivity contribution in [3.05, 3.63) is 46.5 Å². The lowest BCUT2D eigenvalue weighted by molar-refractivity contribution is 0.564. The highest BCUT2D eigenvalue weighted by atomic mass is 15.3. The van der Waals surface area contributed by atoms with Crippen LogP contribution in [0.3, 0.4) is 0 Å². The van der Waals surface area contributed by atoms with E-state index < -0.39 is 0 Å². The Balaban J connectivity index is 2.11. The summed E-state index contributed by atoms with van der Waals surface area (Å²) < 4.78 is 2.07. The van der Waals surface area contributed by atoms with Crippen LogP contribution in [0.4, 0.5) is 0 Å². The Hall–Kier alpha value is -1.68. The number of hydrogen-bond acceptors (Lipinski definition) is 3. The zero-order valence-corrected chi connectivity index (χ0v) is 13.1. The molecule has 0 spiro atoms. The fourth-order valence-electron chi connectivity index (χ4n) is 2.69. The van der Waals surface area contributed by atoms with Crippen LogP contribution in [0.1, 0.15) is 48.0 Å². The van der Waals surface area contributed by atoms with Crippen LogP contribution in [0, 0.1) is 20.8 Å². The van der Waals surface area contributed by atoms with Gasteiger partial charge in [-0.05, 0) is 51.8 Å². The third-order valence-electron chi connectivity index (χ3n) is 3.92. The number of nitrogens with zero attached hydrogens (tertiary/aromatic N) is 3.